The van der Waals surface area contributed by atoms with Gasteiger partial charge in [0.25, 0.3) is 0 Å². The lowest BCUT2D eigenvalue weighted by atomic mass is 10.1. The summed E-state index contributed by atoms with van der Waals surface area (Å²) in [5.41, 5.74) is 6.55. The summed E-state index contributed by atoms with van der Waals surface area (Å²) in [7, 11) is 0. The Morgan fingerprint density at radius 1 is 0.889 bits per heavy atom. The highest BCUT2D eigenvalue weighted by molar-refractivity contribution is 6.29. The summed E-state index contributed by atoms with van der Waals surface area (Å²) in [4.78, 5) is 0. The van der Waals surface area contributed by atoms with Crippen LogP contribution in [0.2, 0.25) is 5.15 Å². The zero-order chi connectivity index (χ0) is 18.5. The van der Waals surface area contributed by atoms with E-state index in [-0.39, 0.29) is 0 Å². The van der Waals surface area contributed by atoms with Gasteiger partial charge >= 0.3 is 0 Å². The first-order chi connectivity index (χ1) is 13.3. The van der Waals surface area contributed by atoms with Gasteiger partial charge in [0.05, 0.1) is 11.9 Å². The number of rotatable bonds is 5. The van der Waals surface area contributed by atoms with Crippen LogP contribution in [0.25, 0.3) is 16.9 Å². The molecule has 0 aliphatic carbocycles. The van der Waals surface area contributed by atoms with Crippen molar-refractivity contribution < 1.29 is 0 Å². The Bertz CT molecular complexity index is 1040. The van der Waals surface area contributed by atoms with E-state index in [0.29, 0.717) is 11.0 Å². The van der Waals surface area contributed by atoms with Crippen LogP contribution in [0.15, 0.2) is 84.1 Å². The molecule has 7 heteroatoms. The van der Waals surface area contributed by atoms with E-state index in [1.807, 2.05) is 71.5 Å². The summed E-state index contributed by atoms with van der Waals surface area (Å²) in [5, 5.41) is 17.0. The van der Waals surface area contributed by atoms with Gasteiger partial charge < -0.3 is 0 Å². The smallest absolute Gasteiger partial charge is 0.168 e. The summed E-state index contributed by atoms with van der Waals surface area (Å²) in [6.45, 7) is 0. The number of hydrogen-bond acceptors (Lipinski definition) is 5. The molecule has 0 spiro atoms. The molecule has 4 aromatic rings. The van der Waals surface area contributed by atoms with Crippen molar-refractivity contribution in [3.63, 3.8) is 0 Å². The van der Waals surface area contributed by atoms with Crippen LogP contribution in [-0.2, 0) is 0 Å². The lowest BCUT2D eigenvalue weighted by Gasteiger charge is -2.00. The summed E-state index contributed by atoms with van der Waals surface area (Å²) >= 11 is 5.74. The zero-order valence-corrected chi connectivity index (χ0v) is 15.0. The number of anilines is 1. The van der Waals surface area contributed by atoms with Crippen LogP contribution in [0.4, 0.5) is 5.82 Å². The zero-order valence-electron chi connectivity index (χ0n) is 14.2. The molecule has 0 aliphatic rings. The third-order valence-corrected chi connectivity index (χ3v) is 4.03. The number of benzene rings is 2. The normalized spacial score (nSPS) is 11.0. The first-order valence-corrected chi connectivity index (χ1v) is 8.66. The molecule has 0 fully saturated rings. The molecule has 0 saturated carbocycles. The molecule has 0 saturated heterocycles. The second-order valence-electron chi connectivity index (χ2n) is 5.69. The summed E-state index contributed by atoms with van der Waals surface area (Å²) in [6.07, 6.45) is 3.65. The van der Waals surface area contributed by atoms with Gasteiger partial charge in [-0.3, -0.25) is 5.43 Å². The number of hydrogen-bond donors (Lipinski definition) is 1. The lowest BCUT2D eigenvalue weighted by Crippen LogP contribution is -1.95. The predicted octanol–water partition coefficient (Wildman–Crippen LogP) is 4.43. The first-order valence-electron chi connectivity index (χ1n) is 8.28. The van der Waals surface area contributed by atoms with Gasteiger partial charge in [-0.1, -0.05) is 60.1 Å². The number of nitrogens with one attached hydrogen (secondary N) is 1. The molecule has 0 atom stereocenters. The van der Waals surface area contributed by atoms with E-state index in [1.54, 1.807) is 18.3 Å². The molecule has 27 heavy (non-hydrogen) atoms. The lowest BCUT2D eigenvalue weighted by molar-refractivity contribution is 0.884. The van der Waals surface area contributed by atoms with Crippen molar-refractivity contribution in [1.82, 2.24) is 20.0 Å². The molecule has 2 heterocycles. The minimum atomic E-state index is 0.333. The van der Waals surface area contributed by atoms with Crippen molar-refractivity contribution in [3.05, 3.63) is 89.7 Å². The van der Waals surface area contributed by atoms with E-state index in [2.05, 4.69) is 20.7 Å². The average Bonchev–Trinajstić information content (AvgIpc) is 3.15. The van der Waals surface area contributed by atoms with Crippen molar-refractivity contribution in [2.45, 2.75) is 0 Å². The fourth-order valence-electron chi connectivity index (χ4n) is 2.56. The Morgan fingerprint density at radius 2 is 1.63 bits per heavy atom. The van der Waals surface area contributed by atoms with Gasteiger partial charge in [-0.15, -0.1) is 10.2 Å². The fourth-order valence-corrected chi connectivity index (χ4v) is 2.66. The molecule has 0 radical (unpaired) electrons. The van der Waals surface area contributed by atoms with E-state index < -0.39 is 0 Å². The Morgan fingerprint density at radius 3 is 2.33 bits per heavy atom. The Balaban J connectivity index is 1.66. The van der Waals surface area contributed by atoms with E-state index in [4.69, 9.17) is 16.7 Å². The number of hydrazone groups is 1. The second kappa shape index (κ2) is 7.80. The van der Waals surface area contributed by atoms with Gasteiger partial charge in [-0.2, -0.15) is 10.2 Å². The van der Waals surface area contributed by atoms with E-state index >= 15 is 0 Å². The molecule has 0 unspecified atom stereocenters. The Hall–Kier alpha value is -3.51. The first kappa shape index (κ1) is 16.9. The van der Waals surface area contributed by atoms with E-state index in [1.165, 1.54) is 0 Å². The minimum Gasteiger partial charge on any atom is -0.260 e. The molecule has 6 nitrogen and oxygen atoms in total. The third-order valence-electron chi connectivity index (χ3n) is 3.83. The maximum atomic E-state index is 5.74. The molecule has 0 bridgehead atoms. The predicted molar refractivity (Wildman–Crippen MR) is 107 cm³/mol. The Kier molecular flexibility index (Phi) is 4.89. The van der Waals surface area contributed by atoms with E-state index in [0.717, 1.165) is 22.5 Å². The van der Waals surface area contributed by atoms with Crippen LogP contribution in [0.1, 0.15) is 5.56 Å². The summed E-state index contributed by atoms with van der Waals surface area (Å²) < 4.78 is 1.84. The molecular weight excluding hydrogens is 360 g/mol. The van der Waals surface area contributed by atoms with Crippen LogP contribution in [-0.4, -0.2) is 26.2 Å². The molecule has 132 valence electrons. The van der Waals surface area contributed by atoms with Gasteiger partial charge in [0.1, 0.15) is 5.69 Å². The maximum absolute atomic E-state index is 5.74. The monoisotopic (exact) mass is 374 g/mol. The van der Waals surface area contributed by atoms with Crippen molar-refractivity contribution >= 4 is 23.6 Å². The van der Waals surface area contributed by atoms with Crippen LogP contribution in [0.3, 0.4) is 0 Å². The van der Waals surface area contributed by atoms with Gasteiger partial charge in [-0.25, -0.2) is 4.68 Å². The van der Waals surface area contributed by atoms with Crippen LogP contribution in [0, 0.1) is 0 Å². The van der Waals surface area contributed by atoms with E-state index in [9.17, 15) is 0 Å². The fraction of sp³-hybridized carbons (Fsp3) is 0. The molecule has 4 rings (SSSR count). The van der Waals surface area contributed by atoms with Crippen LogP contribution in [0.5, 0.6) is 0 Å². The van der Waals surface area contributed by atoms with Crippen LogP contribution < -0.4 is 5.43 Å². The van der Waals surface area contributed by atoms with Gasteiger partial charge in [0, 0.05) is 17.3 Å². The number of nitrogens with zero attached hydrogens (tertiary/aromatic N) is 5. The largest absolute Gasteiger partial charge is 0.260 e. The highest BCUT2D eigenvalue weighted by atomic mass is 35.5. The molecule has 2 aromatic heterocycles. The van der Waals surface area contributed by atoms with Crippen molar-refractivity contribution in [3.8, 4) is 16.9 Å². The maximum Gasteiger partial charge on any atom is 0.168 e. The highest BCUT2D eigenvalue weighted by Crippen LogP contribution is 2.22. The third kappa shape index (κ3) is 4.02. The van der Waals surface area contributed by atoms with Crippen molar-refractivity contribution in [2.24, 2.45) is 5.10 Å². The van der Waals surface area contributed by atoms with Gasteiger partial charge in [-0.05, 0) is 24.3 Å². The standard InChI is InChI=1S/C20H15ClN6/c21-18-11-12-19(25-23-18)24-22-13-16-14-27(17-9-5-2-6-10-17)26-20(16)15-7-3-1-4-8-15/h1-14H,(H,24,25)/b22-13+. The number of halogens is 1. The molecule has 0 aliphatic heterocycles. The molecule has 0 amide bonds. The average molecular weight is 375 g/mol. The van der Waals surface area contributed by atoms with Crippen molar-refractivity contribution in [1.29, 1.82) is 0 Å². The van der Waals surface area contributed by atoms with Crippen LogP contribution >= 0.6 is 11.6 Å². The van der Waals surface area contributed by atoms with Gasteiger partial charge in [0.2, 0.25) is 0 Å². The molecule has 2 aromatic carbocycles. The summed E-state index contributed by atoms with van der Waals surface area (Å²) in [6, 6.07) is 23.3. The highest BCUT2D eigenvalue weighted by Gasteiger charge is 2.10. The topological polar surface area (TPSA) is 68.0 Å². The summed E-state index contributed by atoms with van der Waals surface area (Å²) in [5.74, 6) is 0.507. The molecule has 1 N–H and O–H groups in total. The second-order valence-corrected chi connectivity index (χ2v) is 6.08. The quantitative estimate of drug-likeness (QED) is 0.414. The van der Waals surface area contributed by atoms with Gasteiger partial charge in [0.15, 0.2) is 11.0 Å². The minimum absolute atomic E-state index is 0.333. The molecular formula is C20H15ClN6. The number of aromatic nitrogens is 4. The van der Waals surface area contributed by atoms with Crippen molar-refractivity contribution in [2.75, 3.05) is 5.43 Å². The SMILES string of the molecule is Clc1ccc(N/N=C/c2cn(-c3ccccc3)nc2-c2ccccc2)nn1. The Labute approximate surface area is 161 Å². The number of para-hydroxylation sites is 1.